The molecule has 1 aliphatic heterocycles. The van der Waals surface area contributed by atoms with Gasteiger partial charge in [-0.1, -0.05) is 23.7 Å². The maximum atomic E-state index is 12.3. The molecule has 2 aromatic carbocycles. The zero-order valence-electron chi connectivity index (χ0n) is 14.7. The molecule has 1 aliphatic rings. The number of ether oxygens (including phenoxy) is 2. The van der Waals surface area contributed by atoms with Crippen LogP contribution in [0.25, 0.3) is 0 Å². The van der Waals surface area contributed by atoms with Gasteiger partial charge in [-0.3, -0.25) is 14.5 Å². The monoisotopic (exact) mass is 387 g/mol. The Balaban J connectivity index is 1.48. The molecular weight excluding hydrogens is 370 g/mol. The third-order valence-electron chi connectivity index (χ3n) is 4.27. The Bertz CT molecular complexity index is 861. The zero-order valence-corrected chi connectivity index (χ0v) is 15.5. The molecule has 2 aromatic rings. The highest BCUT2D eigenvalue weighted by Crippen LogP contribution is 2.24. The molecule has 0 saturated heterocycles. The number of hydrogen-bond donors (Lipinski definition) is 0. The summed E-state index contributed by atoms with van der Waals surface area (Å²) < 4.78 is 10.4. The lowest BCUT2D eigenvalue weighted by atomic mass is 10.1. The van der Waals surface area contributed by atoms with Gasteiger partial charge in [0, 0.05) is 11.6 Å². The number of hydrogen-bond acceptors (Lipinski definition) is 5. The molecule has 0 spiro atoms. The summed E-state index contributed by atoms with van der Waals surface area (Å²) in [5, 5.41) is 0.411. The van der Waals surface area contributed by atoms with Crippen molar-refractivity contribution in [2.24, 2.45) is 0 Å². The number of imide groups is 1. The van der Waals surface area contributed by atoms with Crippen LogP contribution >= 0.6 is 11.6 Å². The molecule has 7 heteroatoms. The van der Waals surface area contributed by atoms with Gasteiger partial charge in [0.15, 0.2) is 0 Å². The molecule has 140 valence electrons. The van der Waals surface area contributed by atoms with E-state index in [0.717, 1.165) is 0 Å². The predicted molar refractivity (Wildman–Crippen MR) is 99.3 cm³/mol. The molecule has 0 radical (unpaired) electrons. The number of halogens is 1. The molecule has 0 atom stereocenters. The highest BCUT2D eigenvalue weighted by Gasteiger charge is 2.34. The van der Waals surface area contributed by atoms with Crippen LogP contribution in [0, 0.1) is 0 Å². The second-order valence-corrected chi connectivity index (χ2v) is 6.43. The normalized spacial score (nSPS) is 12.9. The Morgan fingerprint density at radius 3 is 2.33 bits per heavy atom. The van der Waals surface area contributed by atoms with Crippen molar-refractivity contribution in [1.29, 1.82) is 0 Å². The van der Waals surface area contributed by atoms with Crippen molar-refractivity contribution >= 4 is 29.4 Å². The lowest BCUT2D eigenvalue weighted by Crippen LogP contribution is -2.30. The van der Waals surface area contributed by atoms with Crippen LogP contribution in [0.3, 0.4) is 0 Å². The highest BCUT2D eigenvalue weighted by molar-refractivity contribution is 6.31. The largest absolute Gasteiger partial charge is 0.496 e. The first-order valence-electron chi connectivity index (χ1n) is 8.49. The van der Waals surface area contributed by atoms with Gasteiger partial charge in [-0.25, -0.2) is 4.79 Å². The molecule has 6 nitrogen and oxygen atoms in total. The average molecular weight is 388 g/mol. The molecule has 2 amide bonds. The van der Waals surface area contributed by atoms with E-state index in [1.807, 2.05) is 0 Å². The topological polar surface area (TPSA) is 72.9 Å². The molecule has 3 rings (SSSR count). The fraction of sp³-hybridized carbons (Fsp3) is 0.250. The summed E-state index contributed by atoms with van der Waals surface area (Å²) in [5.41, 5.74) is 1.12. The van der Waals surface area contributed by atoms with Crippen molar-refractivity contribution in [3.8, 4) is 5.75 Å². The third kappa shape index (κ3) is 3.95. The van der Waals surface area contributed by atoms with Crippen LogP contribution in [-0.4, -0.2) is 42.9 Å². The Hall–Kier alpha value is -2.86. The lowest BCUT2D eigenvalue weighted by Gasteiger charge is -2.13. The second-order valence-electron chi connectivity index (χ2n) is 6.00. The Morgan fingerprint density at radius 2 is 1.70 bits per heavy atom. The first-order valence-corrected chi connectivity index (χ1v) is 8.86. The number of fused-ring (bicyclic) bond motifs is 1. The summed E-state index contributed by atoms with van der Waals surface area (Å²) in [7, 11) is 1.46. The van der Waals surface area contributed by atoms with Crippen LogP contribution in [0.15, 0.2) is 42.5 Å². The van der Waals surface area contributed by atoms with E-state index >= 15 is 0 Å². The predicted octanol–water partition coefficient (Wildman–Crippen LogP) is 3.58. The van der Waals surface area contributed by atoms with Gasteiger partial charge in [-0.05, 0) is 43.2 Å². The van der Waals surface area contributed by atoms with E-state index in [4.69, 9.17) is 21.1 Å². The van der Waals surface area contributed by atoms with E-state index in [-0.39, 0.29) is 30.5 Å². The molecule has 0 saturated carbocycles. The molecule has 0 bridgehead atoms. The second kappa shape index (κ2) is 8.22. The van der Waals surface area contributed by atoms with Crippen LogP contribution in [0.1, 0.15) is 43.9 Å². The van der Waals surface area contributed by atoms with Gasteiger partial charge in [0.25, 0.3) is 11.8 Å². The van der Waals surface area contributed by atoms with Crippen LogP contribution < -0.4 is 4.74 Å². The Labute approximate surface area is 161 Å². The number of nitrogens with zero attached hydrogens (tertiary/aromatic N) is 1. The minimum atomic E-state index is -0.532. The summed E-state index contributed by atoms with van der Waals surface area (Å²) in [6.45, 7) is 0.446. The number of benzene rings is 2. The highest BCUT2D eigenvalue weighted by atomic mass is 35.5. The SMILES string of the molecule is COc1ccc(Cl)cc1C(=O)OCCCCN1C(=O)c2ccccc2C1=O. The van der Waals surface area contributed by atoms with Gasteiger partial charge < -0.3 is 9.47 Å². The summed E-state index contributed by atoms with van der Waals surface area (Å²) in [6, 6.07) is 11.5. The van der Waals surface area contributed by atoms with Crippen molar-refractivity contribution in [3.05, 3.63) is 64.2 Å². The molecule has 1 heterocycles. The van der Waals surface area contributed by atoms with Gasteiger partial charge in [0.1, 0.15) is 11.3 Å². The van der Waals surface area contributed by atoms with E-state index in [1.54, 1.807) is 36.4 Å². The van der Waals surface area contributed by atoms with Gasteiger partial charge >= 0.3 is 5.97 Å². The fourth-order valence-corrected chi connectivity index (χ4v) is 3.07. The Morgan fingerprint density at radius 1 is 1.04 bits per heavy atom. The lowest BCUT2D eigenvalue weighted by molar-refractivity contribution is 0.0482. The minimum Gasteiger partial charge on any atom is -0.496 e. The van der Waals surface area contributed by atoms with Crippen LogP contribution in [0.2, 0.25) is 5.02 Å². The average Bonchev–Trinajstić information content (AvgIpc) is 2.92. The summed E-state index contributed by atoms with van der Waals surface area (Å²) >= 11 is 5.91. The summed E-state index contributed by atoms with van der Waals surface area (Å²) in [6.07, 6.45) is 1.05. The van der Waals surface area contributed by atoms with E-state index < -0.39 is 5.97 Å². The van der Waals surface area contributed by atoms with E-state index in [1.165, 1.54) is 18.1 Å². The molecule has 0 aliphatic carbocycles. The molecule has 27 heavy (non-hydrogen) atoms. The van der Waals surface area contributed by atoms with Crippen LogP contribution in [-0.2, 0) is 4.74 Å². The van der Waals surface area contributed by atoms with Crippen LogP contribution in [0.5, 0.6) is 5.75 Å². The van der Waals surface area contributed by atoms with Crippen molar-refractivity contribution in [2.75, 3.05) is 20.3 Å². The van der Waals surface area contributed by atoms with Gasteiger partial charge in [-0.2, -0.15) is 0 Å². The molecule has 0 N–H and O–H groups in total. The van der Waals surface area contributed by atoms with Gasteiger partial charge in [0.2, 0.25) is 0 Å². The van der Waals surface area contributed by atoms with Gasteiger partial charge in [-0.15, -0.1) is 0 Å². The first kappa shape index (κ1) is 18.9. The number of amides is 2. The quantitative estimate of drug-likeness (QED) is 0.412. The van der Waals surface area contributed by atoms with Crippen molar-refractivity contribution in [3.63, 3.8) is 0 Å². The molecule has 0 fully saturated rings. The summed E-state index contributed by atoms with van der Waals surface area (Å²) in [5.74, 6) is -0.710. The molecule has 0 unspecified atom stereocenters. The third-order valence-corrected chi connectivity index (χ3v) is 4.50. The number of rotatable bonds is 7. The Kier molecular flexibility index (Phi) is 5.76. The molecule has 0 aromatic heterocycles. The molecular formula is C20H18ClNO5. The van der Waals surface area contributed by atoms with Crippen molar-refractivity contribution < 1.29 is 23.9 Å². The standard InChI is InChI=1S/C20H18ClNO5/c1-26-17-9-8-13(21)12-16(17)20(25)27-11-5-4-10-22-18(23)14-6-2-3-7-15(14)19(22)24/h2-3,6-9,12H,4-5,10-11H2,1H3. The van der Waals surface area contributed by atoms with Crippen molar-refractivity contribution in [2.45, 2.75) is 12.8 Å². The summed E-state index contributed by atoms with van der Waals surface area (Å²) in [4.78, 5) is 37.9. The van der Waals surface area contributed by atoms with E-state index in [9.17, 15) is 14.4 Å². The number of carbonyl (C=O) groups is 3. The minimum absolute atomic E-state index is 0.164. The van der Waals surface area contributed by atoms with Gasteiger partial charge in [0.05, 0.1) is 24.8 Å². The van der Waals surface area contributed by atoms with Crippen LogP contribution in [0.4, 0.5) is 0 Å². The maximum absolute atomic E-state index is 12.3. The number of carbonyl (C=O) groups excluding carboxylic acids is 3. The van der Waals surface area contributed by atoms with E-state index in [2.05, 4.69) is 0 Å². The zero-order chi connectivity index (χ0) is 19.4. The maximum Gasteiger partial charge on any atom is 0.341 e. The number of methoxy groups -OCH3 is 1. The first-order chi connectivity index (χ1) is 13.0. The van der Waals surface area contributed by atoms with E-state index in [0.29, 0.717) is 34.7 Å². The number of unbranched alkanes of at least 4 members (excludes halogenated alkanes) is 1. The number of esters is 1. The fourth-order valence-electron chi connectivity index (χ4n) is 2.90. The smallest absolute Gasteiger partial charge is 0.341 e. The van der Waals surface area contributed by atoms with Crippen molar-refractivity contribution in [1.82, 2.24) is 4.90 Å².